The first-order valence-electron chi connectivity index (χ1n) is 3.58. The van der Waals surface area contributed by atoms with Crippen LogP contribution in [0.15, 0.2) is 0 Å². The summed E-state index contributed by atoms with van der Waals surface area (Å²) < 4.78 is 131. The summed E-state index contributed by atoms with van der Waals surface area (Å²) >= 11 is 0. The molecule has 0 saturated carbocycles. The van der Waals surface area contributed by atoms with E-state index in [0.29, 0.717) is 0 Å². The third-order valence-corrected chi connectivity index (χ3v) is 2.58. The zero-order valence-electron chi connectivity index (χ0n) is 9.06. The van der Waals surface area contributed by atoms with Gasteiger partial charge in [-0.25, -0.2) is 8.42 Å². The zero-order chi connectivity index (χ0) is 15.2. The van der Waals surface area contributed by atoms with E-state index in [1.54, 1.807) is 0 Å². The van der Waals surface area contributed by atoms with E-state index in [4.69, 9.17) is 0 Å². The molecule has 0 aliphatic carbocycles. The van der Waals surface area contributed by atoms with Gasteiger partial charge in [0.25, 0.3) is 0 Å². The molecule has 0 heterocycles. The standard InChI is InChI=1S/C5H4F8O4S.Li/c1-17-4(10,11)2(6,7)3(8,9)5(12,13)18(14,15)16;/h1H3,(H,14,15,16);/q;+1/p-1. The van der Waals surface area contributed by atoms with Crippen molar-refractivity contribution in [2.24, 2.45) is 0 Å². The van der Waals surface area contributed by atoms with Gasteiger partial charge in [-0.15, -0.1) is 0 Å². The van der Waals surface area contributed by atoms with Crippen molar-refractivity contribution in [1.82, 2.24) is 0 Å². The van der Waals surface area contributed by atoms with Crippen LogP contribution < -0.4 is 18.9 Å². The van der Waals surface area contributed by atoms with Gasteiger partial charge in [0.2, 0.25) is 0 Å². The molecule has 0 amide bonds. The fourth-order valence-corrected chi connectivity index (χ4v) is 1.09. The number of rotatable bonds is 5. The summed E-state index contributed by atoms with van der Waals surface area (Å²) in [7, 11) is -7.53. The first-order valence-corrected chi connectivity index (χ1v) is 4.99. The van der Waals surface area contributed by atoms with E-state index in [0.717, 1.165) is 0 Å². The molecular weight excluding hydrogens is 315 g/mol. The van der Waals surface area contributed by atoms with Gasteiger partial charge in [0.15, 0.2) is 10.1 Å². The van der Waals surface area contributed by atoms with Crippen LogP contribution in [0.2, 0.25) is 0 Å². The summed E-state index contributed by atoms with van der Waals surface area (Å²) in [6.07, 6.45) is -6.12. The maximum absolute atomic E-state index is 12.5. The van der Waals surface area contributed by atoms with Gasteiger partial charge in [-0.05, 0) is 0 Å². The van der Waals surface area contributed by atoms with Gasteiger partial charge in [-0.1, -0.05) is 0 Å². The van der Waals surface area contributed by atoms with Crippen LogP contribution in [0.3, 0.4) is 0 Å². The molecule has 0 saturated heterocycles. The van der Waals surface area contributed by atoms with Crippen molar-refractivity contribution in [2.45, 2.75) is 23.2 Å². The Hall–Kier alpha value is -0.0926. The maximum atomic E-state index is 12.5. The van der Waals surface area contributed by atoms with Crippen LogP contribution in [0.1, 0.15) is 0 Å². The Balaban J connectivity index is 0. The van der Waals surface area contributed by atoms with Gasteiger partial charge in [-0.2, -0.15) is 35.1 Å². The van der Waals surface area contributed by atoms with Crippen LogP contribution in [0.25, 0.3) is 0 Å². The molecule has 0 unspecified atom stereocenters. The quantitative estimate of drug-likeness (QED) is 0.357. The Morgan fingerprint density at radius 2 is 1.21 bits per heavy atom. The molecule has 19 heavy (non-hydrogen) atoms. The Bertz CT molecular complexity index is 421. The number of ether oxygens (including phenoxy) is 1. The second kappa shape index (κ2) is 5.36. The minimum Gasteiger partial charge on any atom is -0.743 e. The van der Waals surface area contributed by atoms with E-state index in [2.05, 4.69) is 4.74 Å². The molecule has 0 aromatic heterocycles. The first-order chi connectivity index (χ1) is 7.56. The van der Waals surface area contributed by atoms with E-state index in [1.165, 1.54) is 0 Å². The number of hydrogen-bond donors (Lipinski definition) is 0. The summed E-state index contributed by atoms with van der Waals surface area (Å²) in [5, 5.41) is -6.95. The van der Waals surface area contributed by atoms with Crippen LogP contribution in [-0.2, 0) is 14.9 Å². The molecule has 0 bridgehead atoms. The molecule has 0 N–H and O–H groups in total. The minimum absolute atomic E-state index is 0. The molecule has 0 aromatic carbocycles. The summed E-state index contributed by atoms with van der Waals surface area (Å²) in [6.45, 7) is 0. The molecule has 110 valence electrons. The van der Waals surface area contributed by atoms with Gasteiger partial charge in [0, 0.05) is 7.11 Å². The molecule has 0 atom stereocenters. The number of alkyl halides is 8. The zero-order valence-corrected chi connectivity index (χ0v) is 9.88. The van der Waals surface area contributed by atoms with Gasteiger partial charge in [0.05, 0.1) is 0 Å². The topological polar surface area (TPSA) is 66.4 Å². The third kappa shape index (κ3) is 2.99. The smallest absolute Gasteiger partial charge is 0.743 e. The second-order valence-electron chi connectivity index (χ2n) is 2.84. The van der Waals surface area contributed by atoms with Crippen molar-refractivity contribution in [3.8, 4) is 0 Å². The van der Waals surface area contributed by atoms with E-state index in [9.17, 15) is 48.1 Å². The fraction of sp³-hybridized carbons (Fsp3) is 1.00. The molecule has 0 fully saturated rings. The average molecular weight is 318 g/mol. The molecule has 0 aliphatic heterocycles. The predicted molar refractivity (Wildman–Crippen MR) is 36.5 cm³/mol. The SMILES string of the molecule is COC(F)(F)C(F)(F)C(F)(F)C(F)(F)S(=O)(=O)[O-].[Li+]. The van der Waals surface area contributed by atoms with Gasteiger partial charge in [0.1, 0.15) is 0 Å². The Kier molecular flexibility index (Phi) is 5.98. The van der Waals surface area contributed by atoms with Gasteiger partial charge in [-0.3, -0.25) is 0 Å². The summed E-state index contributed by atoms with van der Waals surface area (Å²) in [5.74, 6) is -14.1. The van der Waals surface area contributed by atoms with Crippen molar-refractivity contribution in [3.63, 3.8) is 0 Å². The van der Waals surface area contributed by atoms with Gasteiger partial charge < -0.3 is 9.29 Å². The predicted octanol–water partition coefficient (Wildman–Crippen LogP) is -1.36. The molecule has 0 radical (unpaired) electrons. The Labute approximate surface area is 113 Å². The molecule has 14 heteroatoms. The number of halogens is 8. The maximum Gasteiger partial charge on any atom is 1.00 e. The molecule has 0 aromatic rings. The van der Waals surface area contributed by atoms with Crippen LogP contribution in [0.4, 0.5) is 35.1 Å². The molecular formula is C5H3F8LiO4S. The molecule has 4 nitrogen and oxygen atoms in total. The molecule has 0 rings (SSSR count). The van der Waals surface area contributed by atoms with E-state index in [-0.39, 0.29) is 26.0 Å². The van der Waals surface area contributed by atoms with Crippen molar-refractivity contribution in [1.29, 1.82) is 0 Å². The Morgan fingerprint density at radius 3 is 1.42 bits per heavy atom. The largest absolute Gasteiger partial charge is 1.00 e. The molecule has 0 spiro atoms. The number of methoxy groups -OCH3 is 1. The van der Waals surface area contributed by atoms with Crippen LogP contribution in [0, 0.1) is 0 Å². The van der Waals surface area contributed by atoms with E-state index in [1.807, 2.05) is 0 Å². The van der Waals surface area contributed by atoms with Crippen molar-refractivity contribution >= 4 is 10.1 Å². The summed E-state index contributed by atoms with van der Waals surface area (Å²) in [6, 6.07) is 0. The average Bonchev–Trinajstić information content (AvgIpc) is 2.15. The van der Waals surface area contributed by atoms with Crippen LogP contribution in [0.5, 0.6) is 0 Å². The fourth-order valence-electron chi connectivity index (χ4n) is 0.651. The van der Waals surface area contributed by atoms with E-state index >= 15 is 0 Å². The van der Waals surface area contributed by atoms with Gasteiger partial charge >= 0.3 is 42.1 Å². The second-order valence-corrected chi connectivity index (χ2v) is 4.26. The van der Waals surface area contributed by atoms with Crippen LogP contribution in [-0.4, -0.2) is 43.3 Å². The number of hydrogen-bond acceptors (Lipinski definition) is 4. The van der Waals surface area contributed by atoms with Crippen molar-refractivity contribution in [3.05, 3.63) is 0 Å². The van der Waals surface area contributed by atoms with Crippen LogP contribution >= 0.6 is 0 Å². The van der Waals surface area contributed by atoms with E-state index < -0.39 is 33.3 Å². The minimum atomic E-state index is -7.31. The monoisotopic (exact) mass is 318 g/mol. The first kappa shape index (κ1) is 21.2. The van der Waals surface area contributed by atoms with Crippen molar-refractivity contribution < 1.29 is 71.7 Å². The normalized spacial score (nSPS) is 15.1. The third-order valence-electron chi connectivity index (χ3n) is 1.70. The summed E-state index contributed by atoms with van der Waals surface area (Å²) in [4.78, 5) is 0. The Morgan fingerprint density at radius 1 is 0.895 bits per heavy atom. The molecule has 0 aliphatic rings. The van der Waals surface area contributed by atoms with Crippen molar-refractivity contribution in [2.75, 3.05) is 7.11 Å². The summed E-state index contributed by atoms with van der Waals surface area (Å²) in [5.41, 5.74) is 0.